The third-order valence-corrected chi connectivity index (χ3v) is 6.65. The van der Waals surface area contributed by atoms with Crippen molar-refractivity contribution in [1.82, 2.24) is 4.90 Å². The van der Waals surface area contributed by atoms with Crippen molar-refractivity contribution in [3.05, 3.63) is 43.8 Å². The first-order valence-electron chi connectivity index (χ1n) is 8.77. The lowest BCUT2D eigenvalue weighted by Gasteiger charge is -2.29. The van der Waals surface area contributed by atoms with Gasteiger partial charge in [0.2, 0.25) is 0 Å². The summed E-state index contributed by atoms with van der Waals surface area (Å²) in [6.45, 7) is 5.13. The highest BCUT2D eigenvalue weighted by molar-refractivity contribution is 7.16. The summed E-state index contributed by atoms with van der Waals surface area (Å²) >= 11 is 3.13. The van der Waals surface area contributed by atoms with Gasteiger partial charge in [-0.2, -0.15) is 0 Å². The maximum absolute atomic E-state index is 12.3. The first-order chi connectivity index (χ1) is 13.0. The Balaban J connectivity index is 1.71. The SMILES string of the molecule is Cc1ccsc1C(=NOC(=O)CN1CCC[C@@H](C(=O)O)C1)c1sccc1C. The molecule has 1 aliphatic heterocycles. The summed E-state index contributed by atoms with van der Waals surface area (Å²) in [6.07, 6.45) is 1.42. The Morgan fingerprint density at radius 1 is 1.22 bits per heavy atom. The van der Waals surface area contributed by atoms with Crippen molar-refractivity contribution < 1.29 is 19.5 Å². The van der Waals surface area contributed by atoms with Crippen molar-refractivity contribution in [3.63, 3.8) is 0 Å². The number of likely N-dealkylation sites (tertiary alicyclic amines) is 1. The zero-order valence-electron chi connectivity index (χ0n) is 15.3. The van der Waals surface area contributed by atoms with E-state index in [1.165, 1.54) is 0 Å². The van der Waals surface area contributed by atoms with Gasteiger partial charge in [-0.3, -0.25) is 9.69 Å². The van der Waals surface area contributed by atoms with Crippen molar-refractivity contribution >= 4 is 40.3 Å². The first kappa shape index (κ1) is 19.7. The Morgan fingerprint density at radius 3 is 2.37 bits per heavy atom. The molecule has 6 nitrogen and oxygen atoms in total. The van der Waals surface area contributed by atoms with E-state index in [1.54, 1.807) is 22.7 Å². The molecule has 0 aliphatic carbocycles. The van der Waals surface area contributed by atoms with Gasteiger partial charge in [-0.1, -0.05) is 5.16 Å². The van der Waals surface area contributed by atoms with Gasteiger partial charge in [0, 0.05) is 6.54 Å². The molecule has 0 spiro atoms. The van der Waals surface area contributed by atoms with Crippen LogP contribution in [0.4, 0.5) is 0 Å². The summed E-state index contributed by atoms with van der Waals surface area (Å²) in [5.74, 6) is -1.70. The van der Waals surface area contributed by atoms with Crippen LogP contribution in [0.1, 0.15) is 33.7 Å². The van der Waals surface area contributed by atoms with Crippen LogP contribution < -0.4 is 0 Å². The number of hydrogen-bond acceptors (Lipinski definition) is 7. The second-order valence-electron chi connectivity index (χ2n) is 6.68. The molecule has 8 heteroatoms. The maximum atomic E-state index is 12.3. The third-order valence-electron chi connectivity index (χ3n) is 4.60. The predicted octanol–water partition coefficient (Wildman–Crippen LogP) is 3.52. The van der Waals surface area contributed by atoms with Crippen LogP contribution in [0.3, 0.4) is 0 Å². The number of carbonyl (C=O) groups is 2. The zero-order chi connectivity index (χ0) is 19.4. The standard InChI is InChI=1S/C19H22N2O4S2/c1-12-5-8-26-17(12)16(18-13(2)6-9-27-18)20-25-15(22)11-21-7-3-4-14(10-21)19(23)24/h5-6,8-9,14H,3-4,7,10-11H2,1-2H3,(H,23,24)/t14-/m1/s1. The van der Waals surface area contributed by atoms with E-state index < -0.39 is 17.9 Å². The van der Waals surface area contributed by atoms with E-state index in [9.17, 15) is 9.59 Å². The summed E-state index contributed by atoms with van der Waals surface area (Å²) in [6, 6.07) is 4.03. The average molecular weight is 407 g/mol. The fraction of sp³-hybridized carbons (Fsp3) is 0.421. The van der Waals surface area contributed by atoms with Gasteiger partial charge in [-0.15, -0.1) is 22.7 Å². The molecule has 1 atom stereocenters. The molecule has 0 aromatic carbocycles. The van der Waals surface area contributed by atoms with Crippen molar-refractivity contribution in [2.24, 2.45) is 11.1 Å². The summed E-state index contributed by atoms with van der Waals surface area (Å²) in [5, 5.41) is 17.3. The number of thiophene rings is 2. The van der Waals surface area contributed by atoms with E-state index >= 15 is 0 Å². The number of aryl methyl sites for hydroxylation is 2. The molecular formula is C19H22N2O4S2. The van der Waals surface area contributed by atoms with Crippen LogP contribution in [0, 0.1) is 19.8 Å². The predicted molar refractivity (Wildman–Crippen MR) is 107 cm³/mol. The molecule has 27 heavy (non-hydrogen) atoms. The fourth-order valence-electron chi connectivity index (χ4n) is 3.13. The van der Waals surface area contributed by atoms with Crippen LogP contribution >= 0.6 is 22.7 Å². The molecule has 1 fully saturated rings. The Kier molecular flexibility index (Phi) is 6.41. The minimum atomic E-state index is -0.810. The molecule has 1 aliphatic rings. The minimum absolute atomic E-state index is 0.0490. The Morgan fingerprint density at radius 2 is 1.85 bits per heavy atom. The van der Waals surface area contributed by atoms with Gasteiger partial charge in [0.15, 0.2) is 0 Å². The number of hydrogen-bond donors (Lipinski definition) is 1. The van der Waals surface area contributed by atoms with Gasteiger partial charge >= 0.3 is 11.9 Å². The topological polar surface area (TPSA) is 79.2 Å². The number of carboxylic acids is 1. The van der Waals surface area contributed by atoms with Gasteiger partial charge in [-0.05, 0) is 67.3 Å². The lowest BCUT2D eigenvalue weighted by atomic mass is 9.98. The number of piperidine rings is 1. The average Bonchev–Trinajstić information content (AvgIpc) is 3.25. The zero-order valence-corrected chi connectivity index (χ0v) is 16.9. The largest absolute Gasteiger partial charge is 0.481 e. The van der Waals surface area contributed by atoms with Crippen LogP contribution in [-0.2, 0) is 14.4 Å². The third kappa shape index (κ3) is 4.82. The number of oxime groups is 1. The highest BCUT2D eigenvalue weighted by Gasteiger charge is 2.27. The van der Waals surface area contributed by atoms with Crippen LogP contribution in [0.15, 0.2) is 28.0 Å². The van der Waals surface area contributed by atoms with Gasteiger partial charge in [0.1, 0.15) is 5.71 Å². The molecule has 3 heterocycles. The molecule has 0 unspecified atom stereocenters. The first-order valence-corrected chi connectivity index (χ1v) is 10.5. The number of carbonyl (C=O) groups excluding carboxylic acids is 1. The van der Waals surface area contributed by atoms with E-state index in [-0.39, 0.29) is 6.54 Å². The Bertz CT molecular complexity index is 813. The van der Waals surface area contributed by atoms with E-state index in [2.05, 4.69) is 5.16 Å². The molecule has 0 saturated carbocycles. The summed E-state index contributed by atoms with van der Waals surface area (Å²) < 4.78 is 0. The molecule has 2 aromatic heterocycles. The van der Waals surface area contributed by atoms with Crippen molar-refractivity contribution in [2.45, 2.75) is 26.7 Å². The second kappa shape index (κ2) is 8.77. The second-order valence-corrected chi connectivity index (χ2v) is 8.51. The maximum Gasteiger partial charge on any atom is 0.348 e. The lowest BCUT2D eigenvalue weighted by Crippen LogP contribution is -2.41. The summed E-state index contributed by atoms with van der Waals surface area (Å²) in [4.78, 5) is 32.5. The van der Waals surface area contributed by atoms with Crippen molar-refractivity contribution in [2.75, 3.05) is 19.6 Å². The number of carboxylic acid groups (broad SMARTS) is 1. The van der Waals surface area contributed by atoms with Gasteiger partial charge in [0.05, 0.1) is 22.2 Å². The van der Waals surface area contributed by atoms with Crippen LogP contribution in [0.2, 0.25) is 0 Å². The van der Waals surface area contributed by atoms with Crippen LogP contribution in [-0.4, -0.2) is 47.3 Å². The highest BCUT2D eigenvalue weighted by atomic mass is 32.1. The van der Waals surface area contributed by atoms with Crippen molar-refractivity contribution in [3.8, 4) is 0 Å². The van der Waals surface area contributed by atoms with E-state index in [1.807, 2.05) is 41.6 Å². The Labute approximate surface area is 166 Å². The molecule has 0 radical (unpaired) electrons. The van der Waals surface area contributed by atoms with Crippen molar-refractivity contribution in [1.29, 1.82) is 0 Å². The molecule has 144 valence electrons. The highest BCUT2D eigenvalue weighted by Crippen LogP contribution is 2.26. The van der Waals surface area contributed by atoms with E-state index in [4.69, 9.17) is 9.94 Å². The number of rotatable bonds is 6. The summed E-state index contributed by atoms with van der Waals surface area (Å²) in [5.41, 5.74) is 2.84. The van der Waals surface area contributed by atoms with Gasteiger partial charge < -0.3 is 9.94 Å². The molecule has 0 amide bonds. The van der Waals surface area contributed by atoms with Crippen LogP contribution in [0.5, 0.6) is 0 Å². The van der Waals surface area contributed by atoms with E-state index in [0.717, 1.165) is 27.3 Å². The Hall–Kier alpha value is -2.03. The molecule has 3 rings (SSSR count). The number of nitrogens with zero attached hydrogens (tertiary/aromatic N) is 2. The van der Waals surface area contributed by atoms with Gasteiger partial charge in [-0.25, -0.2) is 4.79 Å². The smallest absolute Gasteiger partial charge is 0.348 e. The quantitative estimate of drug-likeness (QED) is 0.451. The molecule has 2 aromatic rings. The minimum Gasteiger partial charge on any atom is -0.481 e. The monoisotopic (exact) mass is 406 g/mol. The molecular weight excluding hydrogens is 384 g/mol. The fourth-order valence-corrected chi connectivity index (χ4v) is 5.02. The summed E-state index contributed by atoms with van der Waals surface area (Å²) in [7, 11) is 0. The van der Waals surface area contributed by atoms with Crippen LogP contribution in [0.25, 0.3) is 0 Å². The normalized spacial score (nSPS) is 17.5. The molecule has 1 N–H and O–H groups in total. The van der Waals surface area contributed by atoms with Gasteiger partial charge in [0.25, 0.3) is 0 Å². The van der Waals surface area contributed by atoms with E-state index in [0.29, 0.717) is 25.2 Å². The number of aliphatic carboxylic acids is 1. The lowest BCUT2D eigenvalue weighted by molar-refractivity contribution is -0.149. The molecule has 1 saturated heterocycles. The molecule has 0 bridgehead atoms.